The van der Waals surface area contributed by atoms with Crippen LogP contribution >= 0.6 is 0 Å². The monoisotopic (exact) mass is 186 g/mol. The number of nitrogens with two attached hydrogens (primary N) is 2. The predicted octanol–water partition coefficient (Wildman–Crippen LogP) is 0.679. The molecule has 0 saturated carbocycles. The fourth-order valence-electron chi connectivity index (χ4n) is 1.43. The summed E-state index contributed by atoms with van der Waals surface area (Å²) in [7, 11) is 0. The van der Waals surface area contributed by atoms with E-state index in [1.807, 2.05) is 13.8 Å². The maximum Gasteiger partial charge on any atom is 0.250 e. The lowest BCUT2D eigenvalue weighted by atomic mass is 10.1. The second-order valence-corrected chi connectivity index (χ2v) is 3.08. The van der Waals surface area contributed by atoms with Gasteiger partial charge in [-0.15, -0.1) is 0 Å². The zero-order chi connectivity index (χ0) is 9.90. The van der Waals surface area contributed by atoms with Crippen molar-refractivity contribution in [2.24, 2.45) is 11.5 Å². The molecule has 4 heteroatoms. The highest BCUT2D eigenvalue weighted by Gasteiger charge is 2.38. The topological polar surface area (TPSA) is 70.5 Å². The smallest absolute Gasteiger partial charge is 0.250 e. The van der Waals surface area contributed by atoms with Crippen LogP contribution < -0.4 is 11.5 Å². The molecule has 0 bridgehead atoms. The van der Waals surface area contributed by atoms with Gasteiger partial charge in [-0.25, -0.2) is 0 Å². The lowest BCUT2D eigenvalue weighted by molar-refractivity contribution is -0.158. The number of hydrogen-bond donors (Lipinski definition) is 2. The van der Waals surface area contributed by atoms with Crippen molar-refractivity contribution < 1.29 is 9.47 Å². The van der Waals surface area contributed by atoms with Crippen molar-refractivity contribution in [3.05, 3.63) is 11.5 Å². The van der Waals surface area contributed by atoms with Gasteiger partial charge in [-0.05, 0) is 0 Å². The first-order chi connectivity index (χ1) is 6.21. The molecule has 4 nitrogen and oxygen atoms in total. The van der Waals surface area contributed by atoms with E-state index in [1.165, 1.54) is 0 Å². The molecule has 0 fully saturated rings. The fourth-order valence-corrected chi connectivity index (χ4v) is 1.43. The first-order valence-corrected chi connectivity index (χ1v) is 4.71. The van der Waals surface area contributed by atoms with E-state index in [0.29, 0.717) is 24.6 Å². The van der Waals surface area contributed by atoms with Gasteiger partial charge >= 0.3 is 0 Å². The summed E-state index contributed by atoms with van der Waals surface area (Å²) >= 11 is 0. The van der Waals surface area contributed by atoms with Crippen LogP contribution in [-0.2, 0) is 9.47 Å². The van der Waals surface area contributed by atoms with Crippen LogP contribution in [0.15, 0.2) is 11.5 Å². The summed E-state index contributed by atoms with van der Waals surface area (Å²) < 4.78 is 11.3. The SMILES string of the molecule is CCC1(CC)OC(CN)=C(CN)O1. The highest BCUT2D eigenvalue weighted by molar-refractivity contribution is 5.10. The molecule has 76 valence electrons. The summed E-state index contributed by atoms with van der Waals surface area (Å²) in [5.41, 5.74) is 11.0. The minimum absolute atomic E-state index is 0.355. The highest BCUT2D eigenvalue weighted by Crippen LogP contribution is 2.34. The molecule has 0 aromatic carbocycles. The molecule has 0 saturated heterocycles. The van der Waals surface area contributed by atoms with Gasteiger partial charge in [0.2, 0.25) is 5.79 Å². The molecule has 4 N–H and O–H groups in total. The largest absolute Gasteiger partial charge is 0.452 e. The Morgan fingerprint density at radius 3 is 1.62 bits per heavy atom. The Hall–Kier alpha value is -0.740. The van der Waals surface area contributed by atoms with Crippen LogP contribution in [0.1, 0.15) is 26.7 Å². The lowest BCUT2D eigenvalue weighted by Crippen LogP contribution is -2.29. The minimum Gasteiger partial charge on any atom is -0.452 e. The first kappa shape index (κ1) is 10.3. The summed E-state index contributed by atoms with van der Waals surface area (Å²) in [5.74, 6) is 0.890. The number of hydrogen-bond acceptors (Lipinski definition) is 4. The van der Waals surface area contributed by atoms with Gasteiger partial charge in [0, 0.05) is 12.8 Å². The lowest BCUT2D eigenvalue weighted by Gasteiger charge is -2.26. The molecule has 1 rings (SSSR count). The Labute approximate surface area is 78.9 Å². The van der Waals surface area contributed by atoms with E-state index in [1.54, 1.807) is 0 Å². The third-order valence-corrected chi connectivity index (χ3v) is 2.38. The predicted molar refractivity (Wildman–Crippen MR) is 50.6 cm³/mol. The van der Waals surface area contributed by atoms with Gasteiger partial charge in [-0.2, -0.15) is 0 Å². The molecule has 0 aromatic heterocycles. The highest BCUT2D eigenvalue weighted by atomic mass is 16.7. The van der Waals surface area contributed by atoms with Crippen LogP contribution in [0.5, 0.6) is 0 Å². The molecule has 0 atom stereocenters. The molecule has 1 aliphatic rings. The summed E-state index contributed by atoms with van der Waals surface area (Å²) in [5, 5.41) is 0. The van der Waals surface area contributed by atoms with Gasteiger partial charge in [0.1, 0.15) is 0 Å². The molecule has 1 heterocycles. The second-order valence-electron chi connectivity index (χ2n) is 3.08. The van der Waals surface area contributed by atoms with Gasteiger partial charge in [0.25, 0.3) is 0 Å². The third-order valence-electron chi connectivity index (χ3n) is 2.38. The van der Waals surface area contributed by atoms with Gasteiger partial charge in [-0.3, -0.25) is 0 Å². The van der Waals surface area contributed by atoms with Gasteiger partial charge in [0.05, 0.1) is 13.1 Å². The molecule has 0 aromatic rings. The molecule has 0 unspecified atom stereocenters. The van der Waals surface area contributed by atoms with Crippen molar-refractivity contribution in [1.29, 1.82) is 0 Å². The van der Waals surface area contributed by atoms with E-state index in [0.717, 1.165) is 12.8 Å². The molecule has 0 aliphatic carbocycles. The second kappa shape index (κ2) is 3.98. The quantitative estimate of drug-likeness (QED) is 0.677. The normalized spacial score (nSPS) is 20.0. The Bertz CT molecular complexity index is 192. The maximum absolute atomic E-state index is 5.65. The van der Waals surface area contributed by atoms with Crippen LogP contribution in [0, 0.1) is 0 Å². The van der Waals surface area contributed by atoms with Crippen LogP contribution in [0.4, 0.5) is 0 Å². The Balaban J connectivity index is 2.75. The fraction of sp³-hybridized carbons (Fsp3) is 0.778. The molecular weight excluding hydrogens is 168 g/mol. The summed E-state index contributed by atoms with van der Waals surface area (Å²) in [6.45, 7) is 4.76. The summed E-state index contributed by atoms with van der Waals surface area (Å²) in [6, 6.07) is 0. The van der Waals surface area contributed by atoms with Crippen LogP contribution in [0.2, 0.25) is 0 Å². The van der Waals surface area contributed by atoms with Gasteiger partial charge in [0.15, 0.2) is 11.5 Å². The average molecular weight is 186 g/mol. The standard InChI is InChI=1S/C9H18N2O2/c1-3-9(4-2)12-7(5-10)8(6-11)13-9/h3-6,10-11H2,1-2H3. The zero-order valence-corrected chi connectivity index (χ0v) is 8.30. The molecule has 1 aliphatic heterocycles. The Morgan fingerprint density at radius 1 is 1.00 bits per heavy atom. The van der Waals surface area contributed by atoms with E-state index >= 15 is 0 Å². The number of rotatable bonds is 4. The van der Waals surface area contributed by atoms with E-state index in [-0.39, 0.29) is 0 Å². The van der Waals surface area contributed by atoms with Crippen LogP contribution in [0.3, 0.4) is 0 Å². The van der Waals surface area contributed by atoms with E-state index in [2.05, 4.69) is 0 Å². The molecule has 0 amide bonds. The average Bonchev–Trinajstić information content (AvgIpc) is 2.57. The minimum atomic E-state index is -0.511. The maximum atomic E-state index is 5.65. The van der Waals surface area contributed by atoms with Crippen molar-refractivity contribution in [2.45, 2.75) is 32.5 Å². The van der Waals surface area contributed by atoms with Crippen molar-refractivity contribution >= 4 is 0 Å². The van der Waals surface area contributed by atoms with E-state index in [9.17, 15) is 0 Å². The summed E-state index contributed by atoms with van der Waals surface area (Å²) in [4.78, 5) is 0. The zero-order valence-electron chi connectivity index (χ0n) is 8.30. The van der Waals surface area contributed by atoms with Crippen LogP contribution in [-0.4, -0.2) is 18.9 Å². The van der Waals surface area contributed by atoms with Crippen molar-refractivity contribution in [3.8, 4) is 0 Å². The molecule has 0 spiro atoms. The van der Waals surface area contributed by atoms with Gasteiger partial charge < -0.3 is 20.9 Å². The Morgan fingerprint density at radius 2 is 1.38 bits per heavy atom. The van der Waals surface area contributed by atoms with Crippen molar-refractivity contribution in [3.63, 3.8) is 0 Å². The summed E-state index contributed by atoms with van der Waals surface area (Å²) in [6.07, 6.45) is 1.60. The van der Waals surface area contributed by atoms with Crippen molar-refractivity contribution in [2.75, 3.05) is 13.1 Å². The van der Waals surface area contributed by atoms with Crippen LogP contribution in [0.25, 0.3) is 0 Å². The number of ether oxygens (including phenoxy) is 2. The van der Waals surface area contributed by atoms with E-state index in [4.69, 9.17) is 20.9 Å². The third kappa shape index (κ3) is 1.78. The molecule has 0 radical (unpaired) electrons. The first-order valence-electron chi connectivity index (χ1n) is 4.71. The van der Waals surface area contributed by atoms with Gasteiger partial charge in [-0.1, -0.05) is 13.8 Å². The van der Waals surface area contributed by atoms with E-state index < -0.39 is 5.79 Å². The molecular formula is C9H18N2O2. The van der Waals surface area contributed by atoms with Crippen molar-refractivity contribution in [1.82, 2.24) is 0 Å². The molecule has 13 heavy (non-hydrogen) atoms. The Kier molecular flexibility index (Phi) is 3.17.